The van der Waals surface area contributed by atoms with Crippen LogP contribution in [0.25, 0.3) is 16.5 Å². The van der Waals surface area contributed by atoms with Crippen molar-refractivity contribution < 1.29 is 47.3 Å². The molecule has 0 radical (unpaired) electrons. The monoisotopic (exact) mass is 1240 g/mol. The molecule has 0 spiro atoms. The molecule has 6 saturated heterocycles. The lowest BCUT2D eigenvalue weighted by Gasteiger charge is -2.42. The van der Waals surface area contributed by atoms with Gasteiger partial charge in [0.25, 0.3) is 0 Å². The molecule has 6 fully saturated rings. The summed E-state index contributed by atoms with van der Waals surface area (Å²) >= 11 is 0. The molecule has 4 unspecified atom stereocenters. The molecule has 488 valence electrons. The van der Waals surface area contributed by atoms with Crippen LogP contribution in [0.2, 0.25) is 0 Å². The number of carbonyl (C=O) groups excluding carboxylic acids is 5. The number of aliphatic imine (C=N–C) groups is 3. The molecule has 19 nitrogen and oxygen atoms in total. The highest BCUT2D eigenvalue weighted by Gasteiger charge is 2.50. The maximum absolute atomic E-state index is 17.4. The highest BCUT2D eigenvalue weighted by molar-refractivity contribution is 6.29. The van der Waals surface area contributed by atoms with E-state index < -0.39 is 23.3 Å². The molecule has 10 rings (SSSR count). The summed E-state index contributed by atoms with van der Waals surface area (Å²) in [5, 5.41) is 10.9. The topological polar surface area (TPSA) is 196 Å². The number of methoxy groups -OCH3 is 1. The number of aliphatic hydroxyl groups is 1. The maximum Gasteiger partial charge on any atom is 0.410 e. The van der Waals surface area contributed by atoms with Gasteiger partial charge in [0.15, 0.2) is 5.83 Å². The lowest BCUT2D eigenvalue weighted by atomic mass is 9.87. The summed E-state index contributed by atoms with van der Waals surface area (Å²) in [5.74, 6) is 2.88. The predicted molar refractivity (Wildman–Crippen MR) is 354 cm³/mol. The second-order valence-electron chi connectivity index (χ2n) is 25.6. The first kappa shape index (κ1) is 70.2. The molecule has 3 aromatic rings. The first-order chi connectivity index (χ1) is 43.4. The number of halogens is 2. The predicted octanol–water partition coefficient (Wildman–Crippen LogP) is 8.52. The Morgan fingerprint density at radius 3 is 2.24 bits per heavy atom. The molecule has 5 atom stereocenters. The van der Waals surface area contributed by atoms with Crippen molar-refractivity contribution in [2.24, 2.45) is 20.9 Å². The molecule has 3 aromatic carbocycles. The standard InChI is InChI=1S/C40H46F2N6O3.C26H38N4O4.C2H7N.CH4O/c1-7-29-32(41)15-12-25-10-8-11-30(33(25)29)35-34(42)36(45-24-40-17-9-19-47(40)28(16-18-40)23-50-6)31(20-44-35)37(43-5)46-21-26-13-14-27(22-46)48(26)38(49)51-39(2,3)4;1-27(2)26-16-23(5-6-25(26)30(20-34)24(18-32)4-3-15-31)22-9-13-28(14-10-22)17-21-7-11-29(19-33)12-8-21;1-3-2;1-2/h1,8,10-12,15,20,26-28H,5,9,13-14,16-19,21-24H2,2-4,6H3;5-6,15-16,18-22,24H,3-4,7-14,17H2,1-2H3;3H,1-2H3;2H,1H3/b37-31+,45-36?;;;/t26?,27?,28-,40?;;;/m1.../s1. The summed E-state index contributed by atoms with van der Waals surface area (Å²) in [5.41, 5.74) is 3.07. The third-order valence-electron chi connectivity index (χ3n) is 18.4. The molecule has 0 saturated carbocycles. The van der Waals surface area contributed by atoms with E-state index in [1.807, 2.05) is 75.8 Å². The molecule has 2 N–H and O–H groups in total. The number of terminal acetylenes is 1. The van der Waals surface area contributed by atoms with Crippen molar-refractivity contribution >= 4 is 78.0 Å². The largest absolute Gasteiger partial charge is 0.444 e. The van der Waals surface area contributed by atoms with Crippen molar-refractivity contribution in [3.05, 3.63) is 88.3 Å². The van der Waals surface area contributed by atoms with E-state index in [1.54, 1.807) is 31.5 Å². The quantitative estimate of drug-likeness (QED) is 0.0659. The fraction of sp³-hybridized carbons (Fsp3) is 0.565. The molecule has 90 heavy (non-hydrogen) atoms. The third-order valence-corrected chi connectivity index (χ3v) is 18.4. The number of rotatable bonds is 19. The third kappa shape index (κ3) is 16.3. The van der Waals surface area contributed by atoms with Gasteiger partial charge in [-0.1, -0.05) is 36.3 Å². The number of piperazine rings is 1. The molecule has 3 amide bonds. The highest BCUT2D eigenvalue weighted by Crippen LogP contribution is 2.45. The van der Waals surface area contributed by atoms with Crippen molar-refractivity contribution in [3.63, 3.8) is 0 Å². The summed E-state index contributed by atoms with van der Waals surface area (Å²) in [6, 6.07) is 13.9. The summed E-state index contributed by atoms with van der Waals surface area (Å²) in [7, 11) is 10.3. The Morgan fingerprint density at radius 2 is 1.64 bits per heavy atom. The molecule has 7 aliphatic rings. The summed E-state index contributed by atoms with van der Waals surface area (Å²) in [6.45, 7) is 17.5. The van der Waals surface area contributed by atoms with E-state index in [4.69, 9.17) is 26.0 Å². The van der Waals surface area contributed by atoms with Crippen LogP contribution in [0, 0.1) is 24.1 Å². The molecule has 7 aliphatic heterocycles. The minimum atomic E-state index is -0.658. The number of allylic oxidation sites excluding steroid dienone is 2. The van der Waals surface area contributed by atoms with Crippen LogP contribution in [0.4, 0.5) is 25.0 Å². The molecule has 7 heterocycles. The summed E-state index contributed by atoms with van der Waals surface area (Å²) in [4.78, 5) is 87.0. The van der Waals surface area contributed by atoms with Crippen LogP contribution in [-0.2, 0) is 28.7 Å². The number of nitrogens with zero attached hydrogens (tertiary/aromatic N) is 10. The molecule has 21 heteroatoms. The number of nitrogens with one attached hydrogen (secondary N) is 1. The summed E-state index contributed by atoms with van der Waals surface area (Å²) < 4.78 is 43.6. The fourth-order valence-corrected chi connectivity index (χ4v) is 14.2. The second-order valence-corrected chi connectivity index (χ2v) is 25.6. The lowest BCUT2D eigenvalue weighted by molar-refractivity contribution is -0.119. The average molecular weight is 1240 g/mol. The van der Waals surface area contributed by atoms with Gasteiger partial charge in [-0.25, -0.2) is 18.6 Å². The molecule has 2 bridgehead atoms. The number of anilines is 2. The Balaban J connectivity index is 0.000000257. The Hall–Kier alpha value is -7.22. The van der Waals surface area contributed by atoms with Crippen molar-refractivity contribution in [1.82, 2.24) is 29.8 Å². The molecular formula is C69H95F2N11O8. The van der Waals surface area contributed by atoms with E-state index in [9.17, 15) is 28.4 Å². The van der Waals surface area contributed by atoms with Crippen LogP contribution >= 0.6 is 0 Å². The normalized spacial score (nSPS) is 23.3. The van der Waals surface area contributed by atoms with E-state index in [-0.39, 0.29) is 47.1 Å². The minimum Gasteiger partial charge on any atom is -0.444 e. The number of likely N-dealkylation sites (tertiary alicyclic amines) is 3. The van der Waals surface area contributed by atoms with Gasteiger partial charge >= 0.3 is 6.09 Å². The van der Waals surface area contributed by atoms with Crippen LogP contribution in [0.3, 0.4) is 0 Å². The van der Waals surface area contributed by atoms with E-state index in [2.05, 4.69) is 54.8 Å². The number of aldehydes is 2. The minimum absolute atomic E-state index is 0.0351. The maximum atomic E-state index is 17.4. The van der Waals surface area contributed by atoms with Gasteiger partial charge < -0.3 is 54.0 Å². The first-order valence-electron chi connectivity index (χ1n) is 31.7. The highest BCUT2D eigenvalue weighted by atomic mass is 19.1. The Labute approximate surface area is 531 Å². The van der Waals surface area contributed by atoms with E-state index >= 15 is 4.39 Å². The summed E-state index contributed by atoms with van der Waals surface area (Å²) in [6.07, 6.45) is 20.7. The van der Waals surface area contributed by atoms with Crippen LogP contribution in [-0.4, -0.2) is 223 Å². The van der Waals surface area contributed by atoms with Crippen molar-refractivity contribution in [2.45, 2.75) is 139 Å². The SMILES string of the molecule is C#Cc1c(F)ccc2cccc(C3=C(F)C(=NCC45CCCN4[C@@H](COC)CC5)/C(=C(\N=C)N4CC5CCC(C4)N5C(=O)OC(C)(C)C)C=N3)c12.CN(C)c1cc(C2CCN(CC3CCN(C=O)CC3)CC2)ccc1N(C=O)C(C=O)CCC=O.CNC.CO. The van der Waals surface area contributed by atoms with Crippen LogP contribution in [0.15, 0.2) is 80.7 Å². The van der Waals surface area contributed by atoms with E-state index in [1.165, 1.54) is 16.5 Å². The Morgan fingerprint density at radius 1 is 0.944 bits per heavy atom. The molecule has 0 aliphatic carbocycles. The van der Waals surface area contributed by atoms with Crippen LogP contribution < -0.4 is 15.1 Å². The van der Waals surface area contributed by atoms with Gasteiger partial charge in [0, 0.05) is 96.2 Å². The van der Waals surface area contributed by atoms with Gasteiger partial charge in [-0.05, 0) is 173 Å². The fourth-order valence-electron chi connectivity index (χ4n) is 14.2. The average Bonchev–Trinajstić information content (AvgIpc) is 1.38. The van der Waals surface area contributed by atoms with Crippen molar-refractivity contribution in [1.29, 1.82) is 0 Å². The van der Waals surface area contributed by atoms with Gasteiger partial charge in [0.2, 0.25) is 12.8 Å². The van der Waals surface area contributed by atoms with E-state index in [0.29, 0.717) is 90.4 Å². The number of benzene rings is 3. The zero-order valence-corrected chi connectivity index (χ0v) is 54.3. The number of hydrogen-bond acceptors (Lipinski definition) is 16. The van der Waals surface area contributed by atoms with Crippen molar-refractivity contribution in [3.8, 4) is 12.3 Å². The Kier molecular flexibility index (Phi) is 25.5. The number of fused-ring (bicyclic) bond motifs is 4. The van der Waals surface area contributed by atoms with Gasteiger partial charge in [-0.3, -0.25) is 29.4 Å². The number of carbonyl (C=O) groups is 5. The molecule has 0 aromatic heterocycles. The number of ether oxygens (including phenoxy) is 2. The zero-order chi connectivity index (χ0) is 65.3. The number of hydrogen-bond donors (Lipinski definition) is 2. The second kappa shape index (κ2) is 32.7. The first-order valence-corrected chi connectivity index (χ1v) is 31.7. The van der Waals surface area contributed by atoms with Gasteiger partial charge in [-0.2, -0.15) is 0 Å². The van der Waals surface area contributed by atoms with Crippen LogP contribution in [0.1, 0.15) is 120 Å². The van der Waals surface area contributed by atoms with Gasteiger partial charge in [0.05, 0.1) is 53.8 Å². The zero-order valence-electron chi connectivity index (χ0n) is 54.3. The lowest BCUT2D eigenvalue weighted by Crippen LogP contribution is -2.56. The number of amides is 3. The Bertz CT molecular complexity index is 3150. The van der Waals surface area contributed by atoms with Gasteiger partial charge in [-0.15, -0.1) is 6.42 Å². The van der Waals surface area contributed by atoms with Crippen molar-refractivity contribution in [2.75, 3.05) is 118 Å². The van der Waals surface area contributed by atoms with Crippen LogP contribution in [0.5, 0.6) is 0 Å². The number of aliphatic hydroxyl groups excluding tert-OH is 1. The van der Waals surface area contributed by atoms with E-state index in [0.717, 1.165) is 135 Å². The molecular weight excluding hydrogens is 1150 g/mol. The van der Waals surface area contributed by atoms with Gasteiger partial charge in [0.1, 0.15) is 41.2 Å². The smallest absolute Gasteiger partial charge is 0.410 e. The number of piperidine rings is 2.